The van der Waals surface area contributed by atoms with Crippen molar-refractivity contribution < 1.29 is 25.2 Å². The van der Waals surface area contributed by atoms with E-state index in [1.807, 2.05) is 12.3 Å². The van der Waals surface area contributed by atoms with Gasteiger partial charge in [-0.15, -0.1) is 41.3 Å². The monoisotopic (exact) mass is 764 g/mol. The van der Waals surface area contributed by atoms with E-state index in [-0.39, 0.29) is 31.8 Å². The fourth-order valence-corrected chi connectivity index (χ4v) is 7.23. The zero-order valence-electron chi connectivity index (χ0n) is 31.1. The standard InChI is InChI=1S/C45H46N4O.Pd/c1-10-14-32-21-22-46-41(23-32)48-39-18-12-11-17-37(39)38-20-19-35(27-40(38)48)50-36-25-33(45(7,8)9)24-34(26-36)49-44(28(2)3)43(31(6)47-49)42-29(4)15-13-16-30(42)5;/h11-13,15-25,28H,10,14H2,1-9H3;/q-2;+2. The number of fused-ring (bicyclic) bond motifs is 3. The molecule has 7 rings (SSSR count). The zero-order valence-corrected chi connectivity index (χ0v) is 32.6. The zero-order chi connectivity index (χ0) is 35.3. The van der Waals surface area contributed by atoms with E-state index in [0.717, 1.165) is 57.4 Å². The molecule has 0 saturated carbocycles. The number of benzene rings is 4. The summed E-state index contributed by atoms with van der Waals surface area (Å²) >= 11 is 0. The molecule has 4 aromatic carbocycles. The molecule has 0 aliphatic heterocycles. The first-order chi connectivity index (χ1) is 23.9. The fraction of sp³-hybridized carbons (Fsp3) is 0.289. The minimum atomic E-state index is -0.132. The molecule has 0 radical (unpaired) electrons. The van der Waals surface area contributed by atoms with Crippen LogP contribution < -0.4 is 4.74 Å². The van der Waals surface area contributed by atoms with Crippen LogP contribution in [0.1, 0.15) is 87.5 Å². The average Bonchev–Trinajstić information content (AvgIpc) is 3.59. The Labute approximate surface area is 316 Å². The molecule has 0 saturated heterocycles. The quantitative estimate of drug-likeness (QED) is 0.114. The Morgan fingerprint density at radius 2 is 1.55 bits per heavy atom. The molecule has 7 aromatic rings. The summed E-state index contributed by atoms with van der Waals surface area (Å²) in [7, 11) is 0. The molecule has 0 fully saturated rings. The third-order valence-electron chi connectivity index (χ3n) is 9.65. The van der Waals surface area contributed by atoms with Gasteiger partial charge in [0.2, 0.25) is 0 Å². The molecule has 0 aliphatic rings. The summed E-state index contributed by atoms with van der Waals surface area (Å²) in [5, 5.41) is 7.44. The molecule has 0 N–H and O–H groups in total. The number of hydrogen-bond acceptors (Lipinski definition) is 3. The summed E-state index contributed by atoms with van der Waals surface area (Å²) in [6.07, 6.45) is 3.99. The predicted octanol–water partition coefficient (Wildman–Crippen LogP) is 11.7. The Morgan fingerprint density at radius 3 is 2.25 bits per heavy atom. The first-order valence-corrected chi connectivity index (χ1v) is 17.8. The van der Waals surface area contributed by atoms with Gasteiger partial charge in [0.1, 0.15) is 5.82 Å². The van der Waals surface area contributed by atoms with Crippen molar-refractivity contribution in [1.82, 2.24) is 19.3 Å². The van der Waals surface area contributed by atoms with Gasteiger partial charge in [0.05, 0.1) is 11.4 Å². The average molecular weight is 765 g/mol. The van der Waals surface area contributed by atoms with E-state index in [4.69, 9.17) is 14.8 Å². The second kappa shape index (κ2) is 14.3. The molecule has 0 unspecified atom stereocenters. The second-order valence-corrected chi connectivity index (χ2v) is 14.9. The van der Waals surface area contributed by atoms with Gasteiger partial charge in [0, 0.05) is 28.8 Å². The van der Waals surface area contributed by atoms with Crippen LogP contribution in [0.15, 0.2) is 85.1 Å². The van der Waals surface area contributed by atoms with Crippen LogP contribution in [0.2, 0.25) is 0 Å². The summed E-state index contributed by atoms with van der Waals surface area (Å²) in [6.45, 7) is 19.9. The first-order valence-electron chi connectivity index (χ1n) is 17.8. The van der Waals surface area contributed by atoms with Crippen molar-refractivity contribution in [2.24, 2.45) is 0 Å². The minimum absolute atomic E-state index is 0. The van der Waals surface area contributed by atoms with Crippen LogP contribution in [0.3, 0.4) is 0 Å². The number of aryl methyl sites for hydroxylation is 4. The van der Waals surface area contributed by atoms with Crippen LogP contribution >= 0.6 is 0 Å². The van der Waals surface area contributed by atoms with Gasteiger partial charge in [-0.3, -0.25) is 4.68 Å². The van der Waals surface area contributed by atoms with Crippen molar-refractivity contribution in [3.05, 3.63) is 131 Å². The third-order valence-corrected chi connectivity index (χ3v) is 9.65. The number of ether oxygens (including phenoxy) is 1. The molecular formula is C45H46N4OPd. The molecule has 51 heavy (non-hydrogen) atoms. The third kappa shape index (κ3) is 6.80. The molecular weight excluding hydrogens is 719 g/mol. The van der Waals surface area contributed by atoms with Gasteiger partial charge in [-0.05, 0) is 90.1 Å². The van der Waals surface area contributed by atoms with Gasteiger partial charge < -0.3 is 9.30 Å². The molecule has 0 aliphatic carbocycles. The summed E-state index contributed by atoms with van der Waals surface area (Å²) < 4.78 is 11.0. The Morgan fingerprint density at radius 1 is 0.804 bits per heavy atom. The number of rotatable bonds is 8. The number of nitrogens with zero attached hydrogens (tertiary/aromatic N) is 4. The SMILES string of the molecule is CCCc1ccnc(-n2c3[c-]c(Oc4[c-]c(-n5nc(C)c(-c6c(C)cccc6C)c5C(C)C)cc(C(C)(C)C)c4)ccc3c3ccccc32)c1.[Pd+2]. The Balaban J connectivity index is 0.00000448. The summed E-state index contributed by atoms with van der Waals surface area (Å²) in [5.41, 5.74) is 12.3. The number of para-hydroxylation sites is 1. The van der Waals surface area contributed by atoms with Crippen LogP contribution in [0.25, 0.3) is 44.4 Å². The van der Waals surface area contributed by atoms with Crippen molar-refractivity contribution in [1.29, 1.82) is 0 Å². The van der Waals surface area contributed by atoms with Crippen LogP contribution in [-0.4, -0.2) is 19.3 Å². The van der Waals surface area contributed by atoms with Crippen LogP contribution in [0.5, 0.6) is 11.5 Å². The van der Waals surface area contributed by atoms with E-state index in [0.29, 0.717) is 11.5 Å². The van der Waals surface area contributed by atoms with Gasteiger partial charge in [-0.1, -0.05) is 89.9 Å². The predicted molar refractivity (Wildman–Crippen MR) is 206 cm³/mol. The summed E-state index contributed by atoms with van der Waals surface area (Å²) in [4.78, 5) is 4.81. The maximum atomic E-state index is 6.71. The second-order valence-electron chi connectivity index (χ2n) is 14.9. The van der Waals surface area contributed by atoms with Gasteiger partial charge >= 0.3 is 20.4 Å². The molecule has 6 heteroatoms. The first kappa shape index (κ1) is 36.3. The molecule has 3 heterocycles. The molecule has 0 spiro atoms. The van der Waals surface area contributed by atoms with Crippen LogP contribution in [0.4, 0.5) is 0 Å². The van der Waals surface area contributed by atoms with Gasteiger partial charge in [-0.25, -0.2) is 4.98 Å². The van der Waals surface area contributed by atoms with E-state index in [2.05, 4.69) is 156 Å². The minimum Gasteiger partial charge on any atom is -0.509 e. The topological polar surface area (TPSA) is 44.9 Å². The van der Waals surface area contributed by atoms with E-state index in [1.165, 1.54) is 33.5 Å². The molecule has 0 amide bonds. The van der Waals surface area contributed by atoms with Crippen molar-refractivity contribution in [2.75, 3.05) is 0 Å². The number of pyridine rings is 1. The van der Waals surface area contributed by atoms with Gasteiger partial charge in [0.25, 0.3) is 0 Å². The van der Waals surface area contributed by atoms with Crippen molar-refractivity contribution in [3.63, 3.8) is 0 Å². The largest absolute Gasteiger partial charge is 2.00 e. The molecule has 5 nitrogen and oxygen atoms in total. The molecule has 262 valence electrons. The maximum Gasteiger partial charge on any atom is 2.00 e. The van der Waals surface area contributed by atoms with Crippen LogP contribution in [0, 0.1) is 32.9 Å². The smallest absolute Gasteiger partial charge is 0.509 e. The van der Waals surface area contributed by atoms with E-state index < -0.39 is 0 Å². The van der Waals surface area contributed by atoms with Gasteiger partial charge in [0.15, 0.2) is 0 Å². The number of aromatic nitrogens is 4. The van der Waals surface area contributed by atoms with Crippen LogP contribution in [-0.2, 0) is 32.3 Å². The summed E-state index contributed by atoms with van der Waals surface area (Å²) in [5.74, 6) is 2.36. The normalized spacial score (nSPS) is 11.8. The fourth-order valence-electron chi connectivity index (χ4n) is 7.23. The van der Waals surface area contributed by atoms with Crippen molar-refractivity contribution in [2.45, 2.75) is 86.5 Å². The number of hydrogen-bond donors (Lipinski definition) is 0. The Kier molecular flexibility index (Phi) is 10.1. The Hall–Kier alpha value is -4.50. The molecule has 0 bridgehead atoms. The van der Waals surface area contributed by atoms with E-state index in [1.54, 1.807) is 0 Å². The Bertz CT molecular complexity index is 2350. The van der Waals surface area contributed by atoms with Crippen molar-refractivity contribution >= 4 is 21.8 Å². The maximum absolute atomic E-state index is 6.71. The van der Waals surface area contributed by atoms with Gasteiger partial charge in [-0.2, -0.15) is 11.2 Å². The van der Waals surface area contributed by atoms with E-state index in [9.17, 15) is 0 Å². The van der Waals surface area contributed by atoms with Crippen molar-refractivity contribution in [3.8, 4) is 34.1 Å². The summed E-state index contributed by atoms with van der Waals surface area (Å²) in [6, 6.07) is 35.0. The molecule has 3 aromatic heterocycles. The van der Waals surface area contributed by atoms with E-state index >= 15 is 0 Å². The molecule has 0 atom stereocenters.